The molecule has 0 aliphatic heterocycles. The minimum Gasteiger partial charge on any atom is -0.491 e. The first-order valence-corrected chi connectivity index (χ1v) is 9.86. The van der Waals surface area contributed by atoms with E-state index in [4.69, 9.17) is 9.47 Å². The molecule has 0 bridgehead atoms. The molecular weight excluding hydrogens is 394 g/mol. The topological polar surface area (TPSA) is 88.7 Å². The van der Waals surface area contributed by atoms with Crippen molar-refractivity contribution in [3.05, 3.63) is 84.4 Å². The van der Waals surface area contributed by atoms with Gasteiger partial charge >= 0.3 is 0 Å². The van der Waals surface area contributed by atoms with Crippen LogP contribution < -0.4 is 20.7 Å². The van der Waals surface area contributed by atoms with Crippen molar-refractivity contribution in [2.75, 3.05) is 42.8 Å². The maximum Gasteiger partial charge on any atom is 0.255 e. The third-order valence-electron chi connectivity index (χ3n) is 4.28. The van der Waals surface area contributed by atoms with Gasteiger partial charge in [0.05, 0.1) is 13.2 Å². The third kappa shape index (κ3) is 7.17. The highest BCUT2D eigenvalue weighted by atomic mass is 16.5. The third-order valence-corrected chi connectivity index (χ3v) is 4.28. The molecule has 0 heterocycles. The summed E-state index contributed by atoms with van der Waals surface area (Å²) < 4.78 is 10.5. The number of hydrogen-bond acceptors (Lipinski definition) is 5. The Balaban J connectivity index is 1.51. The van der Waals surface area contributed by atoms with Crippen LogP contribution in [0.5, 0.6) is 5.75 Å². The van der Waals surface area contributed by atoms with Crippen molar-refractivity contribution in [3.8, 4) is 5.75 Å². The summed E-state index contributed by atoms with van der Waals surface area (Å²) in [6, 6.07) is 23.4. The van der Waals surface area contributed by atoms with Crippen LogP contribution in [0.2, 0.25) is 0 Å². The van der Waals surface area contributed by atoms with Crippen LogP contribution in [-0.4, -0.2) is 38.7 Å². The minimum atomic E-state index is -0.201. The number of carbonyl (C=O) groups excluding carboxylic acids is 2. The molecule has 0 fully saturated rings. The van der Waals surface area contributed by atoms with Crippen molar-refractivity contribution in [3.63, 3.8) is 0 Å². The summed E-state index contributed by atoms with van der Waals surface area (Å²) >= 11 is 0. The average Bonchev–Trinajstić information content (AvgIpc) is 2.79. The van der Waals surface area contributed by atoms with Gasteiger partial charge in [0.15, 0.2) is 0 Å². The smallest absolute Gasteiger partial charge is 0.255 e. The molecule has 0 aliphatic carbocycles. The fraction of sp³-hybridized carbons (Fsp3) is 0.167. The quantitative estimate of drug-likeness (QED) is 0.432. The van der Waals surface area contributed by atoms with Crippen LogP contribution in [0.25, 0.3) is 0 Å². The van der Waals surface area contributed by atoms with Gasteiger partial charge in [0, 0.05) is 35.8 Å². The molecule has 0 saturated carbocycles. The highest BCUT2D eigenvalue weighted by Crippen LogP contribution is 2.18. The Morgan fingerprint density at radius 2 is 1.48 bits per heavy atom. The summed E-state index contributed by atoms with van der Waals surface area (Å²) in [5, 5.41) is 8.74. The first-order chi connectivity index (χ1) is 15.1. The van der Waals surface area contributed by atoms with E-state index in [9.17, 15) is 9.59 Å². The first-order valence-electron chi connectivity index (χ1n) is 9.86. The second kappa shape index (κ2) is 11.4. The zero-order valence-electron chi connectivity index (χ0n) is 17.3. The van der Waals surface area contributed by atoms with E-state index in [2.05, 4.69) is 16.0 Å². The Bertz CT molecular complexity index is 1010. The molecule has 0 spiro atoms. The molecule has 0 aromatic heterocycles. The highest BCUT2D eigenvalue weighted by molar-refractivity contribution is 6.04. The lowest BCUT2D eigenvalue weighted by Crippen LogP contribution is -2.21. The standard InChI is InChI=1S/C24H25N3O4/c1-30-13-14-31-22-12-6-11-21(16-22)26-23(28)17-25-19-9-5-10-20(15-19)27-24(29)18-7-3-2-4-8-18/h2-12,15-16,25H,13-14,17H2,1H3,(H,26,28)(H,27,29). The zero-order chi connectivity index (χ0) is 21.9. The van der Waals surface area contributed by atoms with Gasteiger partial charge in [-0.25, -0.2) is 0 Å². The first kappa shape index (κ1) is 21.9. The number of carbonyl (C=O) groups is 2. The molecule has 31 heavy (non-hydrogen) atoms. The maximum absolute atomic E-state index is 12.3. The molecule has 3 aromatic carbocycles. The number of methoxy groups -OCH3 is 1. The summed E-state index contributed by atoms with van der Waals surface area (Å²) in [7, 11) is 1.61. The Labute approximate surface area is 181 Å². The van der Waals surface area contributed by atoms with Gasteiger partial charge in [-0.05, 0) is 42.5 Å². The Hall–Kier alpha value is -3.84. The molecule has 7 nitrogen and oxygen atoms in total. The lowest BCUT2D eigenvalue weighted by Gasteiger charge is -2.11. The van der Waals surface area contributed by atoms with E-state index in [1.165, 1.54) is 0 Å². The fourth-order valence-electron chi connectivity index (χ4n) is 2.79. The van der Waals surface area contributed by atoms with E-state index >= 15 is 0 Å². The molecule has 3 rings (SSSR count). The summed E-state index contributed by atoms with van der Waals surface area (Å²) in [5.41, 5.74) is 2.58. The molecule has 0 atom stereocenters. The summed E-state index contributed by atoms with van der Waals surface area (Å²) in [6.07, 6.45) is 0. The number of hydrogen-bond donors (Lipinski definition) is 3. The number of benzene rings is 3. The van der Waals surface area contributed by atoms with Gasteiger partial charge < -0.3 is 25.4 Å². The lowest BCUT2D eigenvalue weighted by molar-refractivity contribution is -0.114. The van der Waals surface area contributed by atoms with Crippen molar-refractivity contribution < 1.29 is 19.1 Å². The molecule has 2 amide bonds. The Kier molecular flexibility index (Phi) is 8.02. The normalized spacial score (nSPS) is 10.2. The van der Waals surface area contributed by atoms with Gasteiger partial charge in [0.25, 0.3) is 5.91 Å². The second-order valence-electron chi connectivity index (χ2n) is 6.67. The van der Waals surface area contributed by atoms with Crippen molar-refractivity contribution >= 4 is 28.9 Å². The number of ether oxygens (including phenoxy) is 2. The molecular formula is C24H25N3O4. The Morgan fingerprint density at radius 1 is 0.774 bits per heavy atom. The van der Waals surface area contributed by atoms with Gasteiger partial charge in [0.1, 0.15) is 12.4 Å². The van der Waals surface area contributed by atoms with Crippen LogP contribution in [-0.2, 0) is 9.53 Å². The molecule has 0 radical (unpaired) electrons. The van der Waals surface area contributed by atoms with Crippen LogP contribution >= 0.6 is 0 Å². The van der Waals surface area contributed by atoms with Gasteiger partial charge in [-0.15, -0.1) is 0 Å². The SMILES string of the molecule is COCCOc1cccc(NC(=O)CNc2cccc(NC(=O)c3ccccc3)c2)c1. The average molecular weight is 419 g/mol. The summed E-state index contributed by atoms with van der Waals surface area (Å²) in [4.78, 5) is 24.6. The van der Waals surface area contributed by atoms with E-state index in [0.29, 0.717) is 35.9 Å². The molecule has 0 saturated heterocycles. The second-order valence-corrected chi connectivity index (χ2v) is 6.67. The van der Waals surface area contributed by atoms with Crippen molar-refractivity contribution in [1.82, 2.24) is 0 Å². The van der Waals surface area contributed by atoms with E-state index < -0.39 is 0 Å². The monoisotopic (exact) mass is 419 g/mol. The number of anilines is 3. The predicted molar refractivity (Wildman–Crippen MR) is 122 cm³/mol. The molecule has 160 valence electrons. The van der Waals surface area contributed by atoms with Gasteiger partial charge in [-0.3, -0.25) is 9.59 Å². The summed E-state index contributed by atoms with van der Waals surface area (Å²) in [6.45, 7) is 1.00. The van der Waals surface area contributed by atoms with Crippen LogP contribution in [0.4, 0.5) is 17.1 Å². The predicted octanol–water partition coefficient (Wildman–Crippen LogP) is 4.01. The van der Waals surface area contributed by atoms with Gasteiger partial charge in [-0.1, -0.05) is 30.3 Å². The lowest BCUT2D eigenvalue weighted by atomic mass is 10.2. The molecule has 0 unspecified atom stereocenters. The van der Waals surface area contributed by atoms with Crippen molar-refractivity contribution in [2.24, 2.45) is 0 Å². The number of rotatable bonds is 10. The van der Waals surface area contributed by atoms with Gasteiger partial charge in [-0.2, -0.15) is 0 Å². The highest BCUT2D eigenvalue weighted by Gasteiger charge is 2.07. The van der Waals surface area contributed by atoms with Crippen LogP contribution in [0, 0.1) is 0 Å². The van der Waals surface area contributed by atoms with E-state index in [0.717, 1.165) is 5.69 Å². The fourth-order valence-corrected chi connectivity index (χ4v) is 2.79. The van der Waals surface area contributed by atoms with E-state index in [-0.39, 0.29) is 18.4 Å². The van der Waals surface area contributed by atoms with Crippen LogP contribution in [0.3, 0.4) is 0 Å². The van der Waals surface area contributed by atoms with E-state index in [1.54, 1.807) is 43.5 Å². The maximum atomic E-state index is 12.3. The van der Waals surface area contributed by atoms with Crippen LogP contribution in [0.1, 0.15) is 10.4 Å². The summed E-state index contributed by atoms with van der Waals surface area (Å²) in [5.74, 6) is 0.264. The van der Waals surface area contributed by atoms with Crippen molar-refractivity contribution in [1.29, 1.82) is 0 Å². The van der Waals surface area contributed by atoms with Gasteiger partial charge in [0.2, 0.25) is 5.91 Å². The number of nitrogens with one attached hydrogen (secondary N) is 3. The Morgan fingerprint density at radius 3 is 2.26 bits per heavy atom. The molecule has 0 aliphatic rings. The van der Waals surface area contributed by atoms with Crippen LogP contribution in [0.15, 0.2) is 78.9 Å². The zero-order valence-corrected chi connectivity index (χ0v) is 17.3. The molecule has 7 heteroatoms. The molecule has 3 aromatic rings. The number of amides is 2. The largest absolute Gasteiger partial charge is 0.491 e. The van der Waals surface area contributed by atoms with Crippen molar-refractivity contribution in [2.45, 2.75) is 0 Å². The molecule has 3 N–H and O–H groups in total. The van der Waals surface area contributed by atoms with E-state index in [1.807, 2.05) is 42.5 Å². The minimum absolute atomic E-state index is 0.0743.